The van der Waals surface area contributed by atoms with E-state index < -0.39 is 11.6 Å². The van der Waals surface area contributed by atoms with Crippen molar-refractivity contribution in [3.05, 3.63) is 47.5 Å². The second kappa shape index (κ2) is 10.4. The minimum atomic E-state index is -0.796. The average molecular weight is 377 g/mol. The summed E-state index contributed by atoms with van der Waals surface area (Å²) in [6.07, 6.45) is 17.7. The van der Waals surface area contributed by atoms with Crippen molar-refractivity contribution >= 4 is 0 Å². The minimum absolute atomic E-state index is 0.270. The molecule has 1 aromatic carbocycles. The highest BCUT2D eigenvalue weighted by Gasteiger charge is 2.30. The van der Waals surface area contributed by atoms with Crippen molar-refractivity contribution in [2.75, 3.05) is 0 Å². The molecule has 0 bridgehead atoms. The van der Waals surface area contributed by atoms with E-state index in [2.05, 4.69) is 19.1 Å². The van der Waals surface area contributed by atoms with Crippen molar-refractivity contribution in [1.82, 2.24) is 0 Å². The Morgan fingerprint density at radius 2 is 1.59 bits per heavy atom. The van der Waals surface area contributed by atoms with Gasteiger partial charge >= 0.3 is 0 Å². The monoisotopic (exact) mass is 376 g/mol. The average Bonchev–Trinajstić information content (AvgIpc) is 2.70. The Morgan fingerprint density at radius 1 is 0.926 bits per heavy atom. The summed E-state index contributed by atoms with van der Waals surface area (Å²) in [5.74, 6) is 1.13. The molecule has 0 unspecified atom stereocenters. The molecule has 0 aromatic heterocycles. The van der Waals surface area contributed by atoms with Crippen LogP contribution in [0.3, 0.4) is 0 Å². The van der Waals surface area contributed by atoms with Crippen LogP contribution in [-0.4, -0.2) is 6.10 Å². The second-order valence-electron chi connectivity index (χ2n) is 8.52. The number of hydrogen-bond donors (Lipinski definition) is 0. The summed E-state index contributed by atoms with van der Waals surface area (Å²) in [5.41, 5.74) is 0.715. The number of allylic oxidation sites excluding steroid dienone is 2. The Bertz CT molecular complexity index is 596. The first kappa shape index (κ1) is 20.5. The summed E-state index contributed by atoms with van der Waals surface area (Å²) < 4.78 is 32.3. The van der Waals surface area contributed by atoms with Gasteiger partial charge in [-0.15, -0.1) is 0 Å². The normalized spacial score (nSPS) is 29.3. The molecule has 150 valence electrons. The molecule has 0 atom stereocenters. The Kier molecular flexibility index (Phi) is 7.87. The number of halogens is 2. The molecule has 1 nitrogen and oxygen atoms in total. The molecule has 0 heterocycles. The first-order valence-corrected chi connectivity index (χ1v) is 10.8. The largest absolute Gasteiger partial charge is 0.374 e. The van der Waals surface area contributed by atoms with Gasteiger partial charge in [0.1, 0.15) is 0 Å². The summed E-state index contributed by atoms with van der Waals surface area (Å²) in [4.78, 5) is 0. The van der Waals surface area contributed by atoms with Crippen molar-refractivity contribution in [2.24, 2.45) is 17.8 Å². The van der Waals surface area contributed by atoms with Crippen molar-refractivity contribution in [2.45, 2.75) is 83.8 Å². The molecule has 2 saturated carbocycles. The van der Waals surface area contributed by atoms with Crippen LogP contribution in [0.15, 0.2) is 30.4 Å². The molecule has 3 heteroatoms. The first-order chi connectivity index (χ1) is 13.2. The zero-order valence-corrected chi connectivity index (χ0v) is 16.6. The van der Waals surface area contributed by atoms with Gasteiger partial charge < -0.3 is 4.74 Å². The van der Waals surface area contributed by atoms with Gasteiger partial charge in [-0.25, -0.2) is 8.78 Å². The van der Waals surface area contributed by atoms with Gasteiger partial charge in [0.15, 0.2) is 11.6 Å². The molecular weight excluding hydrogens is 342 g/mol. The van der Waals surface area contributed by atoms with Gasteiger partial charge in [0.25, 0.3) is 0 Å². The van der Waals surface area contributed by atoms with Gasteiger partial charge in [0.2, 0.25) is 0 Å². The molecule has 0 amide bonds. The Morgan fingerprint density at radius 3 is 2.22 bits per heavy atom. The summed E-state index contributed by atoms with van der Waals surface area (Å²) in [5, 5.41) is 0. The van der Waals surface area contributed by atoms with E-state index >= 15 is 0 Å². The van der Waals surface area contributed by atoms with E-state index in [1.807, 2.05) is 0 Å². The third-order valence-electron chi connectivity index (χ3n) is 6.72. The van der Waals surface area contributed by atoms with E-state index in [1.54, 1.807) is 6.07 Å². The van der Waals surface area contributed by atoms with E-state index in [1.165, 1.54) is 63.5 Å². The maximum absolute atomic E-state index is 13.3. The number of benzene rings is 1. The highest BCUT2D eigenvalue weighted by atomic mass is 19.2. The van der Waals surface area contributed by atoms with Crippen LogP contribution in [-0.2, 0) is 11.3 Å². The van der Waals surface area contributed by atoms with E-state index in [0.29, 0.717) is 12.2 Å². The molecule has 0 radical (unpaired) electrons. The van der Waals surface area contributed by atoms with Gasteiger partial charge in [-0.05, 0) is 93.7 Å². The summed E-state index contributed by atoms with van der Waals surface area (Å²) in [7, 11) is 0. The number of ether oxygens (including phenoxy) is 1. The van der Waals surface area contributed by atoms with E-state index in [-0.39, 0.29) is 6.10 Å². The quantitative estimate of drug-likeness (QED) is 0.457. The lowest BCUT2D eigenvalue weighted by atomic mass is 9.70. The Balaban J connectivity index is 1.35. The van der Waals surface area contributed by atoms with Gasteiger partial charge in [0, 0.05) is 0 Å². The molecule has 0 spiro atoms. The van der Waals surface area contributed by atoms with Gasteiger partial charge in [0.05, 0.1) is 12.7 Å². The molecule has 3 rings (SSSR count). The molecule has 0 saturated heterocycles. The molecule has 2 aliphatic rings. The highest BCUT2D eigenvalue weighted by Crippen LogP contribution is 2.41. The van der Waals surface area contributed by atoms with Crippen molar-refractivity contribution < 1.29 is 13.5 Å². The fraction of sp³-hybridized carbons (Fsp3) is 0.667. The van der Waals surface area contributed by atoms with E-state index in [0.717, 1.165) is 30.6 Å². The fourth-order valence-electron chi connectivity index (χ4n) is 5.02. The molecular formula is C24H34F2O. The lowest BCUT2D eigenvalue weighted by Crippen LogP contribution is -2.28. The van der Waals surface area contributed by atoms with Crippen molar-refractivity contribution in [3.63, 3.8) is 0 Å². The van der Waals surface area contributed by atoms with E-state index in [9.17, 15) is 8.78 Å². The summed E-state index contributed by atoms with van der Waals surface area (Å²) in [6.45, 7) is 2.48. The van der Waals surface area contributed by atoms with Gasteiger partial charge in [-0.3, -0.25) is 0 Å². The van der Waals surface area contributed by atoms with Crippen LogP contribution in [0.5, 0.6) is 0 Å². The Labute approximate surface area is 163 Å². The fourth-order valence-corrected chi connectivity index (χ4v) is 5.02. The van der Waals surface area contributed by atoms with Crippen LogP contribution in [0, 0.1) is 29.4 Å². The molecule has 0 aliphatic heterocycles. The van der Waals surface area contributed by atoms with Crippen LogP contribution < -0.4 is 0 Å². The van der Waals surface area contributed by atoms with E-state index in [4.69, 9.17) is 4.74 Å². The summed E-state index contributed by atoms with van der Waals surface area (Å²) >= 11 is 0. The molecule has 2 aliphatic carbocycles. The topological polar surface area (TPSA) is 9.23 Å². The highest BCUT2D eigenvalue weighted by molar-refractivity contribution is 5.16. The maximum Gasteiger partial charge on any atom is 0.159 e. The number of rotatable bonds is 7. The van der Waals surface area contributed by atoms with Crippen LogP contribution in [0.1, 0.15) is 76.7 Å². The van der Waals surface area contributed by atoms with Gasteiger partial charge in [-0.2, -0.15) is 0 Å². The van der Waals surface area contributed by atoms with Crippen molar-refractivity contribution in [1.29, 1.82) is 0 Å². The third-order valence-corrected chi connectivity index (χ3v) is 6.72. The zero-order chi connectivity index (χ0) is 19.1. The van der Waals surface area contributed by atoms with Crippen molar-refractivity contribution in [3.8, 4) is 0 Å². The lowest BCUT2D eigenvalue weighted by Gasteiger charge is -2.37. The van der Waals surface area contributed by atoms with Gasteiger partial charge in [-0.1, -0.05) is 31.1 Å². The minimum Gasteiger partial charge on any atom is -0.374 e. The molecule has 0 N–H and O–H groups in total. The predicted molar refractivity (Wildman–Crippen MR) is 106 cm³/mol. The first-order valence-electron chi connectivity index (χ1n) is 10.8. The number of hydrogen-bond acceptors (Lipinski definition) is 1. The SMILES string of the molecule is C/C=C/CC[C@H]1CC[C@H](C2CCC(OCc3ccc(F)c(F)c3)CC2)CC1. The molecule has 27 heavy (non-hydrogen) atoms. The standard InChI is InChI=1S/C24H34F2O/c1-2-3-4-5-18-6-9-20(10-7-18)21-11-13-22(14-12-21)27-17-19-8-15-23(25)24(26)16-19/h2-3,8,15-16,18,20-22H,4-7,9-14,17H2,1H3/b3-2+/t18-,20-,21?,22?. The molecule has 2 fully saturated rings. The third kappa shape index (κ3) is 6.14. The lowest BCUT2D eigenvalue weighted by molar-refractivity contribution is -0.00293. The van der Waals surface area contributed by atoms with Crippen LogP contribution >= 0.6 is 0 Å². The Hall–Kier alpha value is -1.22. The van der Waals surface area contributed by atoms with Crippen LogP contribution in [0.25, 0.3) is 0 Å². The smallest absolute Gasteiger partial charge is 0.159 e. The predicted octanol–water partition coefficient (Wildman–Crippen LogP) is 7.20. The van der Waals surface area contributed by atoms with Crippen LogP contribution in [0.2, 0.25) is 0 Å². The zero-order valence-electron chi connectivity index (χ0n) is 16.6. The molecule has 1 aromatic rings. The van der Waals surface area contributed by atoms with Crippen LogP contribution in [0.4, 0.5) is 8.78 Å². The summed E-state index contributed by atoms with van der Waals surface area (Å²) in [6, 6.07) is 4.04. The maximum atomic E-state index is 13.3. The second-order valence-corrected chi connectivity index (χ2v) is 8.52.